The van der Waals surface area contributed by atoms with E-state index >= 15 is 4.39 Å². The summed E-state index contributed by atoms with van der Waals surface area (Å²) in [7, 11) is 0. The number of aromatic nitrogens is 1. The first-order chi connectivity index (χ1) is 18.8. The number of hydrogen-bond acceptors (Lipinski definition) is 5. The lowest BCUT2D eigenvalue weighted by molar-refractivity contribution is -0.274. The fraction of sp³-hybridized carbons (Fsp3) is 0.429. The molecule has 5 rings (SSSR count). The molecule has 2 aromatic carbocycles. The SMILES string of the molecule is Cc1cc(OC(F)(F)F)ccc1CNC(=O)c1cn(C2CC2)c2c(Cl)c(N3C[C@@H](C)N[C@@H](C)C3)c(F)cc2c1=O. The van der Waals surface area contributed by atoms with Crippen LogP contribution in [0.15, 0.2) is 35.3 Å². The van der Waals surface area contributed by atoms with Gasteiger partial charge in [-0.3, -0.25) is 9.59 Å². The normalized spacial score (nSPS) is 19.6. The molecule has 1 saturated carbocycles. The average Bonchev–Trinajstić information content (AvgIpc) is 3.68. The second-order valence-electron chi connectivity index (χ2n) is 10.6. The van der Waals surface area contributed by atoms with Crippen molar-refractivity contribution in [3.05, 3.63) is 68.2 Å². The molecule has 1 aliphatic carbocycles. The maximum absolute atomic E-state index is 15.6. The second kappa shape index (κ2) is 10.6. The van der Waals surface area contributed by atoms with Crippen LogP contribution < -0.4 is 25.7 Å². The van der Waals surface area contributed by atoms with Gasteiger partial charge in [0, 0.05) is 44.0 Å². The molecule has 7 nitrogen and oxygen atoms in total. The lowest BCUT2D eigenvalue weighted by Crippen LogP contribution is -2.54. The molecule has 2 N–H and O–H groups in total. The smallest absolute Gasteiger partial charge is 0.406 e. The van der Waals surface area contributed by atoms with E-state index in [0.29, 0.717) is 29.7 Å². The summed E-state index contributed by atoms with van der Waals surface area (Å²) in [5, 5.41) is 6.23. The molecule has 2 heterocycles. The number of aryl methyl sites for hydroxylation is 1. The van der Waals surface area contributed by atoms with E-state index in [2.05, 4.69) is 15.4 Å². The first-order valence-electron chi connectivity index (χ1n) is 13.0. The Kier molecular flexibility index (Phi) is 7.47. The Bertz CT molecular complexity index is 1530. The van der Waals surface area contributed by atoms with Gasteiger partial charge >= 0.3 is 6.36 Å². The van der Waals surface area contributed by atoms with Crippen molar-refractivity contribution in [3.8, 4) is 5.75 Å². The summed E-state index contributed by atoms with van der Waals surface area (Å²) in [4.78, 5) is 28.5. The van der Waals surface area contributed by atoms with Gasteiger partial charge in [-0.25, -0.2) is 4.39 Å². The lowest BCUT2D eigenvalue weighted by Gasteiger charge is -2.38. The Hall–Kier alpha value is -3.31. The van der Waals surface area contributed by atoms with Crippen molar-refractivity contribution in [1.29, 1.82) is 0 Å². The third kappa shape index (κ3) is 5.76. The van der Waals surface area contributed by atoms with Crippen molar-refractivity contribution in [3.63, 3.8) is 0 Å². The first kappa shape index (κ1) is 28.2. The molecule has 0 spiro atoms. The van der Waals surface area contributed by atoms with Crippen molar-refractivity contribution in [2.45, 2.75) is 64.6 Å². The highest BCUT2D eigenvalue weighted by molar-refractivity contribution is 6.38. The Morgan fingerprint density at radius 1 is 1.18 bits per heavy atom. The minimum absolute atomic E-state index is 0.0202. The standard InChI is InChI=1S/C28H29ClF4N4O3/c1-14-8-19(40-28(31,32)33)7-4-17(14)10-34-27(39)21-13-37(18-5-6-18)24-20(26(21)38)9-22(30)25(23(24)29)36-11-15(2)35-16(3)12-36/h4,7-9,13,15-16,18,35H,5-6,10-12H2,1-3H3,(H,34,39)/t15-,16+. The Labute approximate surface area is 233 Å². The fourth-order valence-electron chi connectivity index (χ4n) is 5.37. The molecule has 0 radical (unpaired) electrons. The molecule has 12 heteroatoms. The predicted octanol–water partition coefficient (Wildman–Crippen LogP) is 5.45. The number of anilines is 1. The van der Waals surface area contributed by atoms with Crippen LogP contribution in [0.3, 0.4) is 0 Å². The fourth-order valence-corrected chi connectivity index (χ4v) is 5.78. The van der Waals surface area contributed by atoms with E-state index in [4.69, 9.17) is 11.6 Å². The summed E-state index contributed by atoms with van der Waals surface area (Å²) in [6, 6.07) is 5.19. The predicted molar refractivity (Wildman–Crippen MR) is 145 cm³/mol. The third-order valence-corrected chi connectivity index (χ3v) is 7.59. The molecule has 40 heavy (non-hydrogen) atoms. The summed E-state index contributed by atoms with van der Waals surface area (Å²) in [6.07, 6.45) is -1.68. The second-order valence-corrected chi connectivity index (χ2v) is 11.0. The van der Waals surface area contributed by atoms with E-state index in [1.807, 2.05) is 18.7 Å². The Morgan fingerprint density at radius 3 is 2.45 bits per heavy atom. The number of benzene rings is 2. The molecule has 2 fully saturated rings. The summed E-state index contributed by atoms with van der Waals surface area (Å²) >= 11 is 6.83. The van der Waals surface area contributed by atoms with Crippen LogP contribution >= 0.6 is 11.6 Å². The Balaban J connectivity index is 1.47. The van der Waals surface area contributed by atoms with E-state index in [0.717, 1.165) is 25.0 Å². The van der Waals surface area contributed by atoms with Gasteiger partial charge in [0.15, 0.2) is 0 Å². The molecule has 2 atom stereocenters. The van der Waals surface area contributed by atoms with Crippen molar-refractivity contribution < 1.29 is 27.1 Å². The minimum atomic E-state index is -4.81. The number of pyridine rings is 1. The minimum Gasteiger partial charge on any atom is -0.406 e. The summed E-state index contributed by atoms with van der Waals surface area (Å²) < 4.78 is 58.8. The maximum atomic E-state index is 15.6. The molecule has 3 aromatic rings. The van der Waals surface area contributed by atoms with Gasteiger partial charge in [0.05, 0.1) is 21.6 Å². The highest BCUT2D eigenvalue weighted by Gasteiger charge is 2.33. The molecule has 2 aliphatic rings. The molecule has 0 bridgehead atoms. The monoisotopic (exact) mass is 580 g/mol. The number of carbonyl (C=O) groups excluding carboxylic acids is 1. The van der Waals surface area contributed by atoms with Gasteiger partial charge in [0.1, 0.15) is 17.1 Å². The number of halogens is 5. The highest BCUT2D eigenvalue weighted by Crippen LogP contribution is 2.42. The van der Waals surface area contributed by atoms with Crippen molar-refractivity contribution in [1.82, 2.24) is 15.2 Å². The van der Waals surface area contributed by atoms with Crippen LogP contribution in [0, 0.1) is 12.7 Å². The third-order valence-electron chi connectivity index (χ3n) is 7.23. The van der Waals surface area contributed by atoms with Crippen LogP contribution in [0.1, 0.15) is 54.2 Å². The Morgan fingerprint density at radius 2 is 1.85 bits per heavy atom. The largest absolute Gasteiger partial charge is 0.573 e. The topological polar surface area (TPSA) is 75.6 Å². The summed E-state index contributed by atoms with van der Waals surface area (Å²) in [5.41, 5.74) is 0.843. The molecule has 1 amide bonds. The van der Waals surface area contributed by atoms with Gasteiger partial charge in [-0.05, 0) is 62.9 Å². The molecular formula is C28H29ClF4N4O3. The number of nitrogens with zero attached hydrogens (tertiary/aromatic N) is 2. The lowest BCUT2D eigenvalue weighted by atomic mass is 10.1. The molecule has 1 aliphatic heterocycles. The van der Waals surface area contributed by atoms with E-state index < -0.39 is 23.5 Å². The number of hydrogen-bond donors (Lipinski definition) is 2. The number of ether oxygens (including phenoxy) is 1. The molecule has 214 valence electrons. The summed E-state index contributed by atoms with van der Waals surface area (Å²) in [5.74, 6) is -1.68. The van der Waals surface area contributed by atoms with Gasteiger partial charge in [0.25, 0.3) is 5.91 Å². The van der Waals surface area contributed by atoms with Crippen LogP contribution in [-0.4, -0.2) is 42.0 Å². The van der Waals surface area contributed by atoms with Crippen LogP contribution in [0.5, 0.6) is 5.75 Å². The number of amides is 1. The molecule has 0 unspecified atom stereocenters. The van der Waals surface area contributed by atoms with E-state index in [9.17, 15) is 22.8 Å². The van der Waals surface area contributed by atoms with Crippen molar-refractivity contribution >= 4 is 34.1 Å². The zero-order chi connectivity index (χ0) is 28.9. The van der Waals surface area contributed by atoms with Crippen molar-refractivity contribution in [2.75, 3.05) is 18.0 Å². The number of piperazine rings is 1. The zero-order valence-corrected chi connectivity index (χ0v) is 22.9. The van der Waals surface area contributed by atoms with Gasteiger partial charge in [-0.15, -0.1) is 13.2 Å². The van der Waals surface area contributed by atoms with Crippen LogP contribution in [0.4, 0.5) is 23.2 Å². The van der Waals surface area contributed by atoms with Crippen LogP contribution in [0.25, 0.3) is 10.9 Å². The average molecular weight is 581 g/mol. The van der Waals surface area contributed by atoms with E-state index in [1.165, 1.54) is 18.3 Å². The number of alkyl halides is 3. The number of fused-ring (bicyclic) bond motifs is 1. The highest BCUT2D eigenvalue weighted by atomic mass is 35.5. The molecule has 1 saturated heterocycles. The summed E-state index contributed by atoms with van der Waals surface area (Å²) in [6.45, 7) is 6.65. The number of rotatable bonds is 6. The van der Waals surface area contributed by atoms with Gasteiger partial charge < -0.3 is 24.8 Å². The quantitative estimate of drug-likeness (QED) is 0.379. The number of carbonyl (C=O) groups is 1. The molecule has 1 aromatic heterocycles. The van der Waals surface area contributed by atoms with Gasteiger partial charge in [-0.2, -0.15) is 0 Å². The van der Waals surface area contributed by atoms with E-state index in [-0.39, 0.29) is 52.1 Å². The zero-order valence-electron chi connectivity index (χ0n) is 22.2. The molecular weight excluding hydrogens is 552 g/mol. The van der Waals surface area contributed by atoms with Crippen LogP contribution in [0.2, 0.25) is 5.02 Å². The van der Waals surface area contributed by atoms with Gasteiger partial charge in [0.2, 0.25) is 5.43 Å². The van der Waals surface area contributed by atoms with Crippen LogP contribution in [-0.2, 0) is 6.54 Å². The maximum Gasteiger partial charge on any atom is 0.573 e. The van der Waals surface area contributed by atoms with E-state index in [1.54, 1.807) is 11.5 Å². The first-order valence-corrected chi connectivity index (χ1v) is 13.4. The van der Waals surface area contributed by atoms with Crippen molar-refractivity contribution in [2.24, 2.45) is 0 Å². The number of nitrogens with one attached hydrogen (secondary N) is 2. The van der Waals surface area contributed by atoms with Gasteiger partial charge in [-0.1, -0.05) is 17.7 Å².